The molecule has 6 heteroatoms. The summed E-state index contributed by atoms with van der Waals surface area (Å²) in [5.74, 6) is 0.581. The Morgan fingerprint density at radius 1 is 0.511 bits per heavy atom. The monoisotopic (exact) mass is 576 g/mol. The third-order valence-corrected chi connectivity index (χ3v) is 8.01. The van der Waals surface area contributed by atoms with Crippen LogP contribution in [0.3, 0.4) is 0 Å². The molecule has 0 spiro atoms. The molecule has 0 bridgehead atoms. The first-order valence-electron chi connectivity index (χ1n) is 14.4. The van der Waals surface area contributed by atoms with E-state index in [4.69, 9.17) is 9.97 Å². The van der Waals surface area contributed by atoms with E-state index in [1.807, 2.05) is 68.4 Å². The molecule has 0 unspecified atom stereocenters. The molecule has 0 aliphatic heterocycles. The van der Waals surface area contributed by atoms with E-state index in [1.165, 1.54) is 0 Å². The predicted molar refractivity (Wildman–Crippen MR) is 176 cm³/mol. The summed E-state index contributed by atoms with van der Waals surface area (Å²) < 4.78 is 2.18. The molecule has 0 radical (unpaired) electrons. The molecular weight excluding hydrogens is 552 g/mol. The van der Waals surface area contributed by atoms with Crippen molar-refractivity contribution in [2.24, 2.45) is 0 Å². The standard InChI is InChI=1S/C39H24N6/c1-24-15-25(2)44-39(43-24)35-12-9-28(23-42)18-36(35)45-37-19-31(29-7-3-5-26(16-29)21-40)10-13-33(37)34-14-11-32(20-38(34)45)30-8-4-6-27(17-30)22-41/h3-20H,1-2H3. The van der Waals surface area contributed by atoms with E-state index < -0.39 is 0 Å². The maximum Gasteiger partial charge on any atom is 0.161 e. The fourth-order valence-corrected chi connectivity index (χ4v) is 6.00. The van der Waals surface area contributed by atoms with Crippen LogP contribution in [0.5, 0.6) is 0 Å². The summed E-state index contributed by atoms with van der Waals surface area (Å²) in [6.07, 6.45) is 0. The molecule has 0 fully saturated rings. The second kappa shape index (κ2) is 10.9. The van der Waals surface area contributed by atoms with Gasteiger partial charge in [-0.25, -0.2) is 9.97 Å². The maximum atomic E-state index is 9.98. The fourth-order valence-electron chi connectivity index (χ4n) is 6.00. The number of rotatable bonds is 4. The third kappa shape index (κ3) is 4.86. The smallest absolute Gasteiger partial charge is 0.161 e. The molecule has 6 nitrogen and oxygen atoms in total. The Labute approximate surface area is 260 Å². The number of nitrogens with zero attached hydrogens (tertiary/aromatic N) is 6. The second-order valence-corrected chi connectivity index (χ2v) is 11.0. The van der Waals surface area contributed by atoms with Gasteiger partial charge in [-0.15, -0.1) is 0 Å². The van der Waals surface area contributed by atoms with E-state index in [9.17, 15) is 15.8 Å². The van der Waals surface area contributed by atoms with Crippen molar-refractivity contribution in [1.29, 1.82) is 15.8 Å². The summed E-state index contributed by atoms with van der Waals surface area (Å²) in [5.41, 5.74) is 10.7. The number of nitriles is 3. The molecule has 0 saturated carbocycles. The zero-order chi connectivity index (χ0) is 31.1. The fraction of sp³-hybridized carbons (Fsp3) is 0.0513. The molecule has 0 atom stereocenters. The highest BCUT2D eigenvalue weighted by Gasteiger charge is 2.19. The Balaban J connectivity index is 1.59. The van der Waals surface area contributed by atoms with Gasteiger partial charge in [-0.05, 0) is 96.8 Å². The second-order valence-electron chi connectivity index (χ2n) is 11.0. The molecule has 0 amide bonds. The van der Waals surface area contributed by atoms with Gasteiger partial charge in [-0.3, -0.25) is 0 Å². The Hall–Kier alpha value is -6.55. The lowest BCUT2D eigenvalue weighted by Crippen LogP contribution is -2.02. The molecule has 7 aromatic rings. The number of fused-ring (bicyclic) bond motifs is 3. The summed E-state index contributed by atoms with van der Waals surface area (Å²) in [6.45, 7) is 3.90. The van der Waals surface area contributed by atoms with E-state index in [1.54, 1.807) is 18.2 Å². The van der Waals surface area contributed by atoms with Crippen molar-refractivity contribution in [2.45, 2.75) is 13.8 Å². The molecule has 45 heavy (non-hydrogen) atoms. The zero-order valence-electron chi connectivity index (χ0n) is 24.6. The molecule has 0 N–H and O–H groups in total. The van der Waals surface area contributed by atoms with E-state index in [2.05, 4.69) is 59.2 Å². The third-order valence-electron chi connectivity index (χ3n) is 8.01. The number of hydrogen-bond donors (Lipinski definition) is 0. The lowest BCUT2D eigenvalue weighted by molar-refractivity contribution is 1.05. The van der Waals surface area contributed by atoms with Crippen LogP contribution in [0.2, 0.25) is 0 Å². The Morgan fingerprint density at radius 3 is 1.51 bits per heavy atom. The highest BCUT2D eigenvalue weighted by atomic mass is 15.0. The molecule has 7 rings (SSSR count). The van der Waals surface area contributed by atoms with Crippen LogP contribution in [-0.2, 0) is 0 Å². The van der Waals surface area contributed by atoms with E-state index in [0.29, 0.717) is 22.5 Å². The largest absolute Gasteiger partial charge is 0.308 e. The van der Waals surface area contributed by atoms with Crippen molar-refractivity contribution in [3.63, 3.8) is 0 Å². The molecule has 210 valence electrons. The van der Waals surface area contributed by atoms with Crippen molar-refractivity contribution in [3.8, 4) is 57.5 Å². The molecule has 2 aromatic heterocycles. The van der Waals surface area contributed by atoms with E-state index in [-0.39, 0.29) is 0 Å². The van der Waals surface area contributed by atoms with Crippen LogP contribution < -0.4 is 0 Å². The van der Waals surface area contributed by atoms with Gasteiger partial charge in [-0.1, -0.05) is 48.5 Å². The van der Waals surface area contributed by atoms with Crippen molar-refractivity contribution < 1.29 is 0 Å². The lowest BCUT2D eigenvalue weighted by Gasteiger charge is -2.15. The predicted octanol–water partition coefficient (Wildman–Crippen LogP) is 8.81. The molecule has 2 heterocycles. The number of hydrogen-bond acceptors (Lipinski definition) is 5. The van der Waals surface area contributed by atoms with Crippen molar-refractivity contribution in [1.82, 2.24) is 14.5 Å². The van der Waals surface area contributed by atoms with Crippen molar-refractivity contribution in [3.05, 3.63) is 137 Å². The van der Waals surface area contributed by atoms with Crippen LogP contribution in [0.25, 0.3) is 61.1 Å². The van der Waals surface area contributed by atoms with Gasteiger partial charge in [0.05, 0.1) is 51.6 Å². The minimum Gasteiger partial charge on any atom is -0.308 e. The average Bonchev–Trinajstić information content (AvgIpc) is 3.40. The van der Waals surface area contributed by atoms with E-state index >= 15 is 0 Å². The minimum atomic E-state index is 0.517. The lowest BCUT2D eigenvalue weighted by atomic mass is 10.0. The molecular formula is C39H24N6. The van der Waals surface area contributed by atoms with Crippen molar-refractivity contribution in [2.75, 3.05) is 0 Å². The first kappa shape index (κ1) is 27.3. The van der Waals surface area contributed by atoms with Crippen LogP contribution in [0.4, 0.5) is 0 Å². The zero-order valence-corrected chi connectivity index (χ0v) is 24.6. The quantitative estimate of drug-likeness (QED) is 0.208. The highest BCUT2D eigenvalue weighted by molar-refractivity contribution is 6.11. The average molecular weight is 577 g/mol. The minimum absolute atomic E-state index is 0.517. The van der Waals surface area contributed by atoms with Crippen LogP contribution in [0.15, 0.2) is 109 Å². The highest BCUT2D eigenvalue weighted by Crippen LogP contribution is 2.39. The van der Waals surface area contributed by atoms with Crippen LogP contribution >= 0.6 is 0 Å². The first-order valence-corrected chi connectivity index (χ1v) is 14.4. The molecule has 0 aliphatic carbocycles. The van der Waals surface area contributed by atoms with Gasteiger partial charge >= 0.3 is 0 Å². The summed E-state index contributed by atoms with van der Waals surface area (Å²) in [7, 11) is 0. The Bertz CT molecular complexity index is 2310. The van der Waals surface area contributed by atoms with Gasteiger partial charge in [0.2, 0.25) is 0 Å². The summed E-state index contributed by atoms with van der Waals surface area (Å²) in [4.78, 5) is 9.58. The van der Waals surface area contributed by atoms with Gasteiger partial charge in [0, 0.05) is 27.7 Å². The summed E-state index contributed by atoms with van der Waals surface area (Å²) in [6, 6.07) is 42.1. The van der Waals surface area contributed by atoms with Gasteiger partial charge in [-0.2, -0.15) is 15.8 Å². The Morgan fingerprint density at radius 2 is 1.00 bits per heavy atom. The number of aromatic nitrogens is 3. The van der Waals surface area contributed by atoms with Gasteiger partial charge in [0.1, 0.15) is 0 Å². The molecule has 5 aromatic carbocycles. The van der Waals surface area contributed by atoms with Gasteiger partial charge in [0.25, 0.3) is 0 Å². The Kier molecular flexibility index (Phi) is 6.63. The normalized spacial score (nSPS) is 10.8. The maximum absolute atomic E-state index is 9.98. The first-order chi connectivity index (χ1) is 21.9. The number of benzene rings is 5. The van der Waals surface area contributed by atoms with Gasteiger partial charge in [0.15, 0.2) is 5.82 Å². The van der Waals surface area contributed by atoms with Crippen LogP contribution in [-0.4, -0.2) is 14.5 Å². The topological polar surface area (TPSA) is 102 Å². The van der Waals surface area contributed by atoms with Crippen LogP contribution in [0.1, 0.15) is 28.1 Å². The van der Waals surface area contributed by atoms with Gasteiger partial charge < -0.3 is 4.57 Å². The SMILES string of the molecule is Cc1cc(C)nc(-c2ccc(C#N)cc2-n2c3cc(-c4cccc(C#N)c4)ccc3c3ccc(-c4cccc(C#N)c4)cc32)n1. The van der Waals surface area contributed by atoms with Crippen LogP contribution in [0, 0.1) is 47.8 Å². The molecule has 0 aliphatic rings. The molecule has 0 saturated heterocycles. The number of aryl methyl sites for hydroxylation is 2. The summed E-state index contributed by atoms with van der Waals surface area (Å²) >= 11 is 0. The van der Waals surface area contributed by atoms with Crippen molar-refractivity contribution >= 4 is 21.8 Å². The summed E-state index contributed by atoms with van der Waals surface area (Å²) in [5, 5.41) is 31.1. The van der Waals surface area contributed by atoms with E-state index in [0.717, 1.165) is 66.7 Å².